The Hall–Kier alpha value is -4.27. The van der Waals surface area contributed by atoms with Crippen LogP contribution in [0.25, 0.3) is 10.8 Å². The zero-order valence-electron chi connectivity index (χ0n) is 16.7. The lowest BCUT2D eigenvalue weighted by molar-refractivity contribution is 0.0955. The van der Waals surface area contributed by atoms with Gasteiger partial charge in [-0.3, -0.25) is 4.79 Å². The van der Waals surface area contributed by atoms with E-state index in [-0.39, 0.29) is 22.1 Å². The number of halogens is 1. The van der Waals surface area contributed by atoms with Gasteiger partial charge in [0.25, 0.3) is 5.91 Å². The zero-order chi connectivity index (χ0) is 22.5. The number of phenols is 2. The van der Waals surface area contributed by atoms with E-state index >= 15 is 0 Å². The van der Waals surface area contributed by atoms with Crippen LogP contribution in [0.3, 0.4) is 0 Å². The molecule has 0 aliphatic heterocycles. The fraction of sp³-hybridized carbons (Fsp3) is 0. The van der Waals surface area contributed by atoms with Gasteiger partial charge in [-0.25, -0.2) is 5.43 Å². The SMILES string of the molecule is O=C(NN=Cc1ccc(C#Cc2cccc(O)c2)c2ccccc12)c1ccc(O)c(Cl)c1. The van der Waals surface area contributed by atoms with E-state index in [2.05, 4.69) is 22.4 Å². The number of benzene rings is 4. The van der Waals surface area contributed by atoms with Gasteiger partial charge in [-0.15, -0.1) is 0 Å². The molecule has 0 radical (unpaired) electrons. The number of hydrogen-bond acceptors (Lipinski definition) is 4. The normalized spacial score (nSPS) is 10.7. The first-order valence-electron chi connectivity index (χ1n) is 9.66. The number of amides is 1. The molecule has 3 N–H and O–H groups in total. The molecule has 32 heavy (non-hydrogen) atoms. The van der Waals surface area contributed by atoms with Crippen molar-refractivity contribution in [3.05, 3.63) is 106 Å². The van der Waals surface area contributed by atoms with E-state index in [1.54, 1.807) is 24.4 Å². The molecule has 0 saturated heterocycles. The summed E-state index contributed by atoms with van der Waals surface area (Å²) >= 11 is 5.85. The van der Waals surface area contributed by atoms with E-state index in [0.29, 0.717) is 0 Å². The third-order valence-corrected chi connectivity index (χ3v) is 5.03. The van der Waals surface area contributed by atoms with Crippen molar-refractivity contribution in [2.75, 3.05) is 0 Å². The molecule has 1 amide bonds. The summed E-state index contributed by atoms with van der Waals surface area (Å²) in [7, 11) is 0. The van der Waals surface area contributed by atoms with Gasteiger partial charge in [-0.2, -0.15) is 5.10 Å². The van der Waals surface area contributed by atoms with Crippen LogP contribution >= 0.6 is 11.6 Å². The molecule has 0 spiro atoms. The van der Waals surface area contributed by atoms with Crippen molar-refractivity contribution in [3.63, 3.8) is 0 Å². The Kier molecular flexibility index (Phi) is 6.07. The maximum Gasteiger partial charge on any atom is 0.271 e. The molecule has 0 unspecified atom stereocenters. The third kappa shape index (κ3) is 4.72. The Morgan fingerprint density at radius 2 is 1.72 bits per heavy atom. The summed E-state index contributed by atoms with van der Waals surface area (Å²) in [6, 6.07) is 22.5. The minimum atomic E-state index is -0.443. The van der Waals surface area contributed by atoms with Crippen molar-refractivity contribution in [2.45, 2.75) is 0 Å². The number of nitrogens with zero attached hydrogens (tertiary/aromatic N) is 1. The monoisotopic (exact) mass is 440 g/mol. The van der Waals surface area contributed by atoms with E-state index in [1.165, 1.54) is 18.2 Å². The number of phenolic OH excluding ortho intramolecular Hbond substituents is 2. The Balaban J connectivity index is 1.58. The van der Waals surface area contributed by atoms with Crippen molar-refractivity contribution in [1.82, 2.24) is 5.43 Å². The number of rotatable bonds is 3. The van der Waals surface area contributed by atoms with Crippen LogP contribution in [-0.4, -0.2) is 22.3 Å². The number of carbonyl (C=O) groups is 1. The fourth-order valence-corrected chi connectivity index (χ4v) is 3.32. The average molecular weight is 441 g/mol. The summed E-state index contributed by atoms with van der Waals surface area (Å²) in [6.07, 6.45) is 1.56. The van der Waals surface area contributed by atoms with Crippen LogP contribution in [0, 0.1) is 11.8 Å². The molecule has 0 aliphatic rings. The Labute approximate surface area is 189 Å². The van der Waals surface area contributed by atoms with Gasteiger partial charge >= 0.3 is 0 Å². The van der Waals surface area contributed by atoms with Gasteiger partial charge in [0, 0.05) is 22.3 Å². The van der Waals surface area contributed by atoms with Gasteiger partial charge in [0.2, 0.25) is 0 Å². The molecule has 0 bridgehead atoms. The minimum Gasteiger partial charge on any atom is -0.508 e. The van der Waals surface area contributed by atoms with Gasteiger partial charge in [0.1, 0.15) is 11.5 Å². The molecule has 0 aromatic heterocycles. The second kappa shape index (κ2) is 9.25. The van der Waals surface area contributed by atoms with E-state index in [4.69, 9.17) is 11.6 Å². The molecule has 0 atom stereocenters. The second-order valence-corrected chi connectivity index (χ2v) is 7.32. The molecule has 0 saturated carbocycles. The summed E-state index contributed by atoms with van der Waals surface area (Å²) in [5.41, 5.74) is 5.12. The van der Waals surface area contributed by atoms with Crippen molar-refractivity contribution >= 4 is 34.5 Å². The van der Waals surface area contributed by atoms with Crippen molar-refractivity contribution in [2.24, 2.45) is 5.10 Å². The van der Waals surface area contributed by atoms with Gasteiger partial charge in [-0.05, 0) is 53.2 Å². The lowest BCUT2D eigenvalue weighted by Gasteiger charge is -2.05. The van der Waals surface area contributed by atoms with Crippen molar-refractivity contribution in [1.29, 1.82) is 0 Å². The molecule has 4 rings (SSSR count). The highest BCUT2D eigenvalue weighted by molar-refractivity contribution is 6.32. The number of carbonyl (C=O) groups excluding carboxylic acids is 1. The Morgan fingerprint density at radius 3 is 2.50 bits per heavy atom. The van der Waals surface area contributed by atoms with Gasteiger partial charge in [0.15, 0.2) is 0 Å². The molecule has 0 heterocycles. The van der Waals surface area contributed by atoms with Gasteiger partial charge in [-0.1, -0.05) is 59.8 Å². The molecule has 6 heteroatoms. The van der Waals surface area contributed by atoms with Crippen LogP contribution in [-0.2, 0) is 0 Å². The topological polar surface area (TPSA) is 81.9 Å². The largest absolute Gasteiger partial charge is 0.508 e. The van der Waals surface area contributed by atoms with Crippen molar-refractivity contribution in [3.8, 4) is 23.3 Å². The predicted molar refractivity (Wildman–Crippen MR) is 126 cm³/mol. The number of hydrazone groups is 1. The number of nitrogens with one attached hydrogen (secondary N) is 1. The molecular formula is C26H17ClN2O3. The summed E-state index contributed by atoms with van der Waals surface area (Å²) in [6.45, 7) is 0. The summed E-state index contributed by atoms with van der Waals surface area (Å²) < 4.78 is 0. The number of hydrogen-bond donors (Lipinski definition) is 3. The first-order valence-corrected chi connectivity index (χ1v) is 10.0. The first-order chi connectivity index (χ1) is 15.5. The summed E-state index contributed by atoms with van der Waals surface area (Å²) in [5, 5.41) is 25.1. The standard InChI is InChI=1S/C26H17ClN2O3/c27-24-15-19(12-13-25(24)31)26(32)29-28-16-20-11-10-18(22-6-1-2-7-23(20)22)9-8-17-4-3-5-21(30)14-17/h1-7,10-16,30-31H,(H,29,32). The third-order valence-electron chi connectivity index (χ3n) is 4.73. The highest BCUT2D eigenvalue weighted by Gasteiger charge is 2.08. The fourth-order valence-electron chi connectivity index (χ4n) is 3.14. The van der Waals surface area contributed by atoms with Crippen LogP contribution in [0.4, 0.5) is 0 Å². The van der Waals surface area contributed by atoms with Gasteiger partial charge < -0.3 is 10.2 Å². The van der Waals surface area contributed by atoms with E-state index in [9.17, 15) is 15.0 Å². The van der Waals surface area contributed by atoms with E-state index in [1.807, 2.05) is 42.5 Å². The molecule has 156 valence electrons. The summed E-state index contributed by atoms with van der Waals surface area (Å²) in [4.78, 5) is 12.3. The number of fused-ring (bicyclic) bond motifs is 1. The minimum absolute atomic E-state index is 0.0922. The molecule has 4 aromatic rings. The quantitative estimate of drug-likeness (QED) is 0.236. The maximum atomic E-state index is 12.3. The molecule has 4 aromatic carbocycles. The average Bonchev–Trinajstić information content (AvgIpc) is 2.80. The lowest BCUT2D eigenvalue weighted by Crippen LogP contribution is -2.17. The van der Waals surface area contributed by atoms with Crippen LogP contribution in [0.1, 0.15) is 27.0 Å². The number of aromatic hydroxyl groups is 2. The van der Waals surface area contributed by atoms with Crippen LogP contribution in [0.15, 0.2) is 84.0 Å². The molecule has 0 fully saturated rings. The zero-order valence-corrected chi connectivity index (χ0v) is 17.5. The van der Waals surface area contributed by atoms with Crippen molar-refractivity contribution < 1.29 is 15.0 Å². The van der Waals surface area contributed by atoms with Gasteiger partial charge in [0.05, 0.1) is 11.2 Å². The summed E-state index contributed by atoms with van der Waals surface area (Å²) in [5.74, 6) is 5.86. The van der Waals surface area contributed by atoms with Crippen LogP contribution < -0.4 is 5.43 Å². The maximum absolute atomic E-state index is 12.3. The van der Waals surface area contributed by atoms with E-state index in [0.717, 1.165) is 27.5 Å². The highest BCUT2D eigenvalue weighted by Crippen LogP contribution is 2.24. The molecule has 5 nitrogen and oxygen atoms in total. The molecular weight excluding hydrogens is 424 g/mol. The first kappa shape index (κ1) is 21.0. The Morgan fingerprint density at radius 1 is 0.906 bits per heavy atom. The van der Waals surface area contributed by atoms with E-state index < -0.39 is 5.91 Å². The second-order valence-electron chi connectivity index (χ2n) is 6.91. The van der Waals surface area contributed by atoms with Crippen LogP contribution in [0.2, 0.25) is 5.02 Å². The lowest BCUT2D eigenvalue weighted by atomic mass is 10.00. The predicted octanol–water partition coefficient (Wildman–Crippen LogP) is 5.07. The van der Waals surface area contributed by atoms with Crippen LogP contribution in [0.5, 0.6) is 11.5 Å². The smallest absolute Gasteiger partial charge is 0.271 e. The Bertz CT molecular complexity index is 1420. The highest BCUT2D eigenvalue weighted by atomic mass is 35.5. The molecule has 0 aliphatic carbocycles.